The number of aryl methyl sites for hydroxylation is 1. The first-order chi connectivity index (χ1) is 13.4. The Hall–Kier alpha value is -2.40. The van der Waals surface area contributed by atoms with Crippen molar-refractivity contribution in [3.8, 4) is 0 Å². The number of hydrogen-bond acceptors (Lipinski definition) is 8. The summed E-state index contributed by atoms with van der Waals surface area (Å²) < 4.78 is 39.0. The SMILES string of the molecule is CCN(CCOS(=O)(=O)[O-])c1ccc(N=Nc2sc3ccccc3[n+]2C)cc1. The maximum absolute atomic E-state index is 10.5. The van der Waals surface area contributed by atoms with Crippen molar-refractivity contribution in [3.05, 3.63) is 48.5 Å². The smallest absolute Gasteiger partial charge is 0.409 e. The Morgan fingerprint density at radius 1 is 1.14 bits per heavy atom. The number of rotatable bonds is 8. The van der Waals surface area contributed by atoms with Gasteiger partial charge in [0.15, 0.2) is 0 Å². The van der Waals surface area contributed by atoms with Crippen LogP contribution in [0.15, 0.2) is 58.8 Å². The number of benzene rings is 2. The summed E-state index contributed by atoms with van der Waals surface area (Å²) in [6.07, 6.45) is 0. The lowest BCUT2D eigenvalue weighted by Gasteiger charge is -2.23. The third-order valence-corrected chi connectivity index (χ3v) is 5.71. The minimum absolute atomic E-state index is 0.191. The van der Waals surface area contributed by atoms with Gasteiger partial charge in [-0.1, -0.05) is 12.1 Å². The summed E-state index contributed by atoms with van der Waals surface area (Å²) in [5.41, 5.74) is 2.69. The average Bonchev–Trinajstić information content (AvgIpc) is 2.99. The van der Waals surface area contributed by atoms with E-state index in [0.717, 1.165) is 21.0 Å². The molecule has 0 amide bonds. The highest BCUT2D eigenvalue weighted by atomic mass is 32.3. The molecule has 28 heavy (non-hydrogen) atoms. The van der Waals surface area contributed by atoms with Crippen LogP contribution in [0.2, 0.25) is 0 Å². The van der Waals surface area contributed by atoms with Crippen LogP contribution in [-0.2, 0) is 21.6 Å². The number of aromatic nitrogens is 1. The van der Waals surface area contributed by atoms with Crippen molar-refractivity contribution in [3.63, 3.8) is 0 Å². The molecule has 0 unspecified atom stereocenters. The van der Waals surface area contributed by atoms with E-state index in [0.29, 0.717) is 12.2 Å². The molecule has 8 nitrogen and oxygen atoms in total. The minimum Gasteiger partial charge on any atom is -0.726 e. The molecule has 0 aliphatic carbocycles. The van der Waals surface area contributed by atoms with Gasteiger partial charge >= 0.3 is 5.13 Å². The van der Waals surface area contributed by atoms with Crippen LogP contribution in [0.4, 0.5) is 16.5 Å². The normalized spacial score (nSPS) is 12.1. The van der Waals surface area contributed by atoms with Crippen LogP contribution in [0.3, 0.4) is 0 Å². The monoisotopic (exact) mass is 420 g/mol. The Labute approximate surface area is 167 Å². The summed E-state index contributed by atoms with van der Waals surface area (Å²) in [4.78, 5) is 1.90. The van der Waals surface area contributed by atoms with Crippen molar-refractivity contribution in [2.45, 2.75) is 6.92 Å². The van der Waals surface area contributed by atoms with Crippen LogP contribution < -0.4 is 9.47 Å². The molecule has 0 fully saturated rings. The molecule has 10 heteroatoms. The summed E-state index contributed by atoms with van der Waals surface area (Å²) in [7, 11) is -2.71. The summed E-state index contributed by atoms with van der Waals surface area (Å²) in [6, 6.07) is 15.5. The Balaban J connectivity index is 1.69. The molecule has 0 bridgehead atoms. The first-order valence-electron chi connectivity index (χ1n) is 8.62. The van der Waals surface area contributed by atoms with E-state index < -0.39 is 10.4 Å². The van der Waals surface area contributed by atoms with Gasteiger partial charge in [0.05, 0.1) is 23.5 Å². The zero-order chi connectivity index (χ0) is 20.1. The number of likely N-dealkylation sites (N-methyl/N-ethyl adjacent to an activating group) is 1. The number of para-hydroxylation sites is 1. The molecule has 0 atom stereocenters. The second-order valence-corrected chi connectivity index (χ2v) is 8.00. The third kappa shape index (κ3) is 5.10. The maximum Gasteiger partial charge on any atom is 0.409 e. The van der Waals surface area contributed by atoms with Crippen molar-refractivity contribution in [1.82, 2.24) is 0 Å². The molecule has 0 saturated heterocycles. The maximum atomic E-state index is 10.5. The lowest BCUT2D eigenvalue weighted by atomic mass is 10.2. The Morgan fingerprint density at radius 3 is 2.50 bits per heavy atom. The van der Waals surface area contributed by atoms with E-state index in [1.165, 1.54) is 0 Å². The van der Waals surface area contributed by atoms with E-state index >= 15 is 0 Å². The van der Waals surface area contributed by atoms with Gasteiger partial charge in [-0.2, -0.15) is 0 Å². The summed E-state index contributed by atoms with van der Waals surface area (Å²) >= 11 is 1.57. The van der Waals surface area contributed by atoms with Gasteiger partial charge in [0.2, 0.25) is 10.4 Å². The lowest BCUT2D eigenvalue weighted by molar-refractivity contribution is -0.627. The van der Waals surface area contributed by atoms with Gasteiger partial charge in [0.25, 0.3) is 0 Å². The summed E-state index contributed by atoms with van der Waals surface area (Å²) in [6.45, 7) is 2.67. The first kappa shape index (κ1) is 20.3. The molecule has 148 valence electrons. The number of nitrogens with zero attached hydrogens (tertiary/aromatic N) is 4. The van der Waals surface area contributed by atoms with Gasteiger partial charge in [-0.05, 0) is 59.8 Å². The van der Waals surface area contributed by atoms with E-state index in [4.69, 9.17) is 0 Å². The second kappa shape index (κ2) is 8.74. The van der Waals surface area contributed by atoms with Crippen LogP contribution in [0.25, 0.3) is 10.2 Å². The molecule has 0 spiro atoms. The Morgan fingerprint density at radius 2 is 1.86 bits per heavy atom. The van der Waals surface area contributed by atoms with Crippen LogP contribution in [0, 0.1) is 0 Å². The highest BCUT2D eigenvalue weighted by Gasteiger charge is 2.15. The van der Waals surface area contributed by atoms with Gasteiger partial charge in [0, 0.05) is 18.8 Å². The zero-order valence-electron chi connectivity index (χ0n) is 15.5. The standard InChI is InChI=1S/C18H20N4O4S2/c1-3-22(12-13-26-28(23,24)25)15-10-8-14(9-11-15)19-20-18-21(2)16-6-4-5-7-17(16)27-18/h4-11H,3,12-13H2,1-2H3. The van der Waals surface area contributed by atoms with Gasteiger partial charge in [0.1, 0.15) is 11.2 Å². The molecule has 3 rings (SSSR count). The van der Waals surface area contributed by atoms with Crippen LogP contribution in [0.5, 0.6) is 0 Å². The van der Waals surface area contributed by atoms with Gasteiger partial charge < -0.3 is 9.45 Å². The molecule has 0 aliphatic heterocycles. The van der Waals surface area contributed by atoms with E-state index in [2.05, 4.69) is 20.5 Å². The second-order valence-electron chi connectivity index (χ2n) is 5.94. The fraction of sp³-hybridized carbons (Fsp3) is 0.278. The fourth-order valence-corrected chi connectivity index (χ4v) is 3.98. The molecule has 0 N–H and O–H groups in total. The average molecular weight is 421 g/mol. The molecule has 3 aromatic rings. The molecular formula is C18H20N4O4S2. The molecule has 1 aromatic heterocycles. The molecule has 1 heterocycles. The number of azo groups is 1. The van der Waals surface area contributed by atoms with E-state index in [-0.39, 0.29) is 13.2 Å². The molecule has 2 aromatic carbocycles. The predicted molar refractivity (Wildman–Crippen MR) is 107 cm³/mol. The largest absolute Gasteiger partial charge is 0.726 e. The van der Waals surface area contributed by atoms with Crippen LogP contribution in [0.1, 0.15) is 6.92 Å². The van der Waals surface area contributed by atoms with Gasteiger partial charge in [-0.15, -0.1) is 0 Å². The highest BCUT2D eigenvalue weighted by Crippen LogP contribution is 2.27. The van der Waals surface area contributed by atoms with E-state index in [9.17, 15) is 13.0 Å². The minimum atomic E-state index is -4.67. The van der Waals surface area contributed by atoms with Gasteiger partial charge in [-0.25, -0.2) is 13.0 Å². The fourth-order valence-electron chi connectivity index (χ4n) is 2.73. The van der Waals surface area contributed by atoms with Crippen molar-refractivity contribution in [2.75, 3.05) is 24.6 Å². The quantitative estimate of drug-likeness (QED) is 0.241. The Kier molecular flexibility index (Phi) is 6.35. The van der Waals surface area contributed by atoms with Crippen molar-refractivity contribution < 1.29 is 21.7 Å². The predicted octanol–water partition coefficient (Wildman–Crippen LogP) is 3.44. The van der Waals surface area contributed by atoms with Crippen LogP contribution in [-0.4, -0.2) is 32.7 Å². The number of fused-ring (bicyclic) bond motifs is 1. The summed E-state index contributed by atoms with van der Waals surface area (Å²) in [5.74, 6) is 0. The number of thiazole rings is 1. The topological polar surface area (TPSA) is 98.3 Å². The number of anilines is 1. The third-order valence-electron chi connectivity index (χ3n) is 4.15. The molecular weight excluding hydrogens is 400 g/mol. The van der Waals surface area contributed by atoms with E-state index in [1.54, 1.807) is 11.3 Å². The lowest BCUT2D eigenvalue weighted by Crippen LogP contribution is -2.27. The zero-order valence-corrected chi connectivity index (χ0v) is 17.1. The molecule has 0 saturated carbocycles. The van der Waals surface area contributed by atoms with Gasteiger partial charge in [-0.3, -0.25) is 4.18 Å². The van der Waals surface area contributed by atoms with Crippen molar-refractivity contribution >= 4 is 48.5 Å². The molecule has 0 aliphatic rings. The van der Waals surface area contributed by atoms with Crippen molar-refractivity contribution in [2.24, 2.45) is 17.3 Å². The Bertz CT molecular complexity index is 1080. The summed E-state index contributed by atoms with van der Waals surface area (Å²) in [5, 5.41) is 9.46. The molecule has 0 radical (unpaired) electrons. The van der Waals surface area contributed by atoms with E-state index in [1.807, 2.05) is 65.9 Å². The van der Waals surface area contributed by atoms with Crippen LogP contribution >= 0.6 is 11.3 Å². The van der Waals surface area contributed by atoms with Crippen molar-refractivity contribution in [1.29, 1.82) is 0 Å². The number of hydrogen-bond donors (Lipinski definition) is 0. The highest BCUT2D eigenvalue weighted by molar-refractivity contribution is 7.80. The first-order valence-corrected chi connectivity index (χ1v) is 10.8.